The summed E-state index contributed by atoms with van der Waals surface area (Å²) in [5, 5.41) is 19.3. The Hall–Kier alpha value is -1.30. The molecule has 3 N–H and O–H groups in total. The molecule has 6 nitrogen and oxygen atoms in total. The van der Waals surface area contributed by atoms with Crippen molar-refractivity contribution in [3.05, 3.63) is 0 Å². The van der Waals surface area contributed by atoms with Crippen molar-refractivity contribution in [3.8, 4) is 0 Å². The van der Waals surface area contributed by atoms with Crippen molar-refractivity contribution < 1.29 is 24.6 Å². The predicted molar refractivity (Wildman–Crippen MR) is 51.7 cm³/mol. The fraction of sp³-hybridized carbons (Fsp3) is 0.625. The number of amides is 1. The zero-order valence-corrected chi connectivity index (χ0v) is 8.66. The molecule has 0 aromatic rings. The second-order valence-corrected chi connectivity index (χ2v) is 3.25. The van der Waals surface area contributed by atoms with Crippen LogP contribution in [0.3, 0.4) is 0 Å². The molecule has 1 unspecified atom stereocenters. The topological polar surface area (TPSA) is 104 Å². The number of carbonyl (C=O) groups excluding carboxylic acids is 1. The van der Waals surface area contributed by atoms with E-state index in [1.54, 1.807) is 0 Å². The van der Waals surface area contributed by atoms with Crippen molar-refractivity contribution >= 4 is 29.4 Å². The van der Waals surface area contributed by atoms with E-state index in [2.05, 4.69) is 5.32 Å². The van der Waals surface area contributed by atoms with E-state index in [0.29, 0.717) is 0 Å². The first-order valence-corrected chi connectivity index (χ1v) is 4.78. The molecule has 0 saturated carbocycles. The first-order chi connectivity index (χ1) is 6.97. The van der Waals surface area contributed by atoms with Gasteiger partial charge < -0.3 is 15.5 Å². The van der Waals surface area contributed by atoms with Crippen LogP contribution in [0.4, 0.5) is 0 Å². The second-order valence-electron chi connectivity index (χ2n) is 2.88. The van der Waals surface area contributed by atoms with Gasteiger partial charge in [0.1, 0.15) is 0 Å². The maximum atomic E-state index is 10.9. The smallest absolute Gasteiger partial charge is 0.308 e. The third-order valence-electron chi connectivity index (χ3n) is 1.64. The average molecular weight is 238 g/mol. The summed E-state index contributed by atoms with van der Waals surface area (Å²) in [6, 6.07) is 0. The number of carboxylic acids is 2. The summed E-state index contributed by atoms with van der Waals surface area (Å²) in [7, 11) is 0. The maximum absolute atomic E-state index is 10.9. The van der Waals surface area contributed by atoms with Gasteiger partial charge in [0.05, 0.1) is 12.3 Å². The van der Waals surface area contributed by atoms with E-state index in [0.717, 1.165) is 0 Å². The van der Waals surface area contributed by atoms with Crippen molar-refractivity contribution in [1.29, 1.82) is 0 Å². The zero-order valence-electron chi connectivity index (χ0n) is 7.90. The van der Waals surface area contributed by atoms with Crippen molar-refractivity contribution in [1.82, 2.24) is 5.32 Å². The summed E-state index contributed by atoms with van der Waals surface area (Å²) >= 11 is 5.29. The molecule has 0 rings (SSSR count). The number of rotatable bonds is 7. The van der Waals surface area contributed by atoms with Gasteiger partial charge in [-0.15, -0.1) is 11.6 Å². The standard InChI is InChI=1S/C8H12ClNO5/c9-2-1-6(11)10-4-5(8(14)15)3-7(12)13/h5H,1-4H2,(H,10,11)(H,12,13)(H,14,15). The summed E-state index contributed by atoms with van der Waals surface area (Å²) in [6.45, 7) is -0.197. The Kier molecular flexibility index (Phi) is 6.44. The molecule has 0 aliphatic carbocycles. The van der Waals surface area contributed by atoms with Crippen LogP contribution in [0.5, 0.6) is 0 Å². The van der Waals surface area contributed by atoms with Gasteiger partial charge in [-0.25, -0.2) is 0 Å². The van der Waals surface area contributed by atoms with E-state index in [4.69, 9.17) is 21.8 Å². The fourth-order valence-electron chi connectivity index (χ4n) is 0.869. The SMILES string of the molecule is O=C(O)CC(CNC(=O)CCCl)C(=O)O. The van der Waals surface area contributed by atoms with Gasteiger partial charge in [-0.3, -0.25) is 14.4 Å². The molecule has 0 bridgehead atoms. The summed E-state index contributed by atoms with van der Waals surface area (Å²) in [6.07, 6.45) is -0.433. The Morgan fingerprint density at radius 1 is 1.27 bits per heavy atom. The fourth-order valence-corrected chi connectivity index (χ4v) is 1.04. The van der Waals surface area contributed by atoms with Gasteiger partial charge in [0.15, 0.2) is 0 Å². The molecule has 0 aliphatic rings. The zero-order chi connectivity index (χ0) is 11.8. The highest BCUT2D eigenvalue weighted by atomic mass is 35.5. The molecular weight excluding hydrogens is 226 g/mol. The minimum atomic E-state index is -1.25. The van der Waals surface area contributed by atoms with Gasteiger partial charge in [0, 0.05) is 18.8 Å². The number of hydrogen-bond acceptors (Lipinski definition) is 3. The van der Waals surface area contributed by atoms with E-state index in [1.807, 2.05) is 0 Å². The molecule has 0 aromatic heterocycles. The van der Waals surface area contributed by atoms with Crippen LogP contribution in [0, 0.1) is 5.92 Å². The molecule has 7 heteroatoms. The average Bonchev–Trinajstić information content (AvgIpc) is 2.11. The molecule has 0 radical (unpaired) electrons. The second kappa shape index (κ2) is 7.05. The van der Waals surface area contributed by atoms with Crippen LogP contribution in [0.15, 0.2) is 0 Å². The summed E-state index contributed by atoms with van der Waals surface area (Å²) in [4.78, 5) is 31.8. The van der Waals surface area contributed by atoms with Crippen LogP contribution in [0.2, 0.25) is 0 Å². The van der Waals surface area contributed by atoms with Gasteiger partial charge in [-0.1, -0.05) is 0 Å². The largest absolute Gasteiger partial charge is 0.481 e. The molecule has 1 amide bonds. The Morgan fingerprint density at radius 3 is 2.27 bits per heavy atom. The molecular formula is C8H12ClNO5. The minimum Gasteiger partial charge on any atom is -0.481 e. The van der Waals surface area contributed by atoms with Crippen LogP contribution < -0.4 is 5.32 Å². The van der Waals surface area contributed by atoms with Crippen molar-refractivity contribution in [2.75, 3.05) is 12.4 Å². The van der Waals surface area contributed by atoms with Crippen LogP contribution in [-0.2, 0) is 14.4 Å². The summed E-state index contributed by atoms with van der Waals surface area (Å²) < 4.78 is 0. The number of halogens is 1. The van der Waals surface area contributed by atoms with E-state index in [1.165, 1.54) is 0 Å². The monoisotopic (exact) mass is 237 g/mol. The van der Waals surface area contributed by atoms with Crippen molar-refractivity contribution in [3.63, 3.8) is 0 Å². The van der Waals surface area contributed by atoms with E-state index in [-0.39, 0.29) is 24.8 Å². The van der Waals surface area contributed by atoms with Crippen LogP contribution in [-0.4, -0.2) is 40.5 Å². The Morgan fingerprint density at radius 2 is 1.87 bits per heavy atom. The van der Waals surface area contributed by atoms with E-state index >= 15 is 0 Å². The molecule has 15 heavy (non-hydrogen) atoms. The quantitative estimate of drug-likeness (QED) is 0.537. The van der Waals surface area contributed by atoms with E-state index < -0.39 is 24.3 Å². The highest BCUT2D eigenvalue weighted by molar-refractivity contribution is 6.18. The third kappa shape index (κ3) is 6.73. The van der Waals surface area contributed by atoms with Gasteiger partial charge in [0.2, 0.25) is 5.91 Å². The normalized spacial score (nSPS) is 11.8. The van der Waals surface area contributed by atoms with Gasteiger partial charge in [0.25, 0.3) is 0 Å². The molecule has 0 spiro atoms. The summed E-state index contributed by atoms with van der Waals surface area (Å²) in [5.41, 5.74) is 0. The number of hydrogen-bond donors (Lipinski definition) is 3. The van der Waals surface area contributed by atoms with Crippen molar-refractivity contribution in [2.24, 2.45) is 5.92 Å². The lowest BCUT2D eigenvalue weighted by atomic mass is 10.1. The first kappa shape index (κ1) is 13.7. The molecule has 1 atom stereocenters. The lowest BCUT2D eigenvalue weighted by Crippen LogP contribution is -2.34. The molecule has 0 heterocycles. The molecule has 0 fully saturated rings. The molecule has 0 aliphatic heterocycles. The van der Waals surface area contributed by atoms with Crippen LogP contribution in [0.25, 0.3) is 0 Å². The van der Waals surface area contributed by atoms with E-state index in [9.17, 15) is 14.4 Å². The van der Waals surface area contributed by atoms with Crippen molar-refractivity contribution in [2.45, 2.75) is 12.8 Å². The molecule has 0 saturated heterocycles. The number of nitrogens with one attached hydrogen (secondary N) is 1. The Labute approximate surface area is 91.2 Å². The lowest BCUT2D eigenvalue weighted by molar-refractivity contribution is -0.148. The highest BCUT2D eigenvalue weighted by Gasteiger charge is 2.21. The van der Waals surface area contributed by atoms with Gasteiger partial charge in [-0.05, 0) is 0 Å². The maximum Gasteiger partial charge on any atom is 0.308 e. The number of alkyl halides is 1. The third-order valence-corrected chi connectivity index (χ3v) is 1.83. The van der Waals surface area contributed by atoms with Crippen LogP contribution in [0.1, 0.15) is 12.8 Å². The highest BCUT2D eigenvalue weighted by Crippen LogP contribution is 2.02. The molecule has 86 valence electrons. The van der Waals surface area contributed by atoms with Crippen LogP contribution >= 0.6 is 11.6 Å². The summed E-state index contributed by atoms with van der Waals surface area (Å²) in [5.74, 6) is -3.82. The predicted octanol–water partition coefficient (Wildman–Crippen LogP) is -0.0930. The Bertz CT molecular complexity index is 255. The van der Waals surface area contributed by atoms with Gasteiger partial charge in [-0.2, -0.15) is 0 Å². The molecule has 0 aromatic carbocycles. The first-order valence-electron chi connectivity index (χ1n) is 4.24. The number of carbonyl (C=O) groups is 3. The minimum absolute atomic E-state index is 0.0843. The number of carboxylic acid groups (broad SMARTS) is 2. The van der Waals surface area contributed by atoms with Gasteiger partial charge >= 0.3 is 11.9 Å². The Balaban J connectivity index is 4.01. The lowest BCUT2D eigenvalue weighted by Gasteiger charge is -2.10. The number of aliphatic carboxylic acids is 2.